The van der Waals surface area contributed by atoms with E-state index in [-0.39, 0.29) is 5.41 Å². The third-order valence-electron chi connectivity index (χ3n) is 8.83. The molecule has 240 valence electrons. The molecular formula is C42H51N3O. The number of anilines is 1. The molecule has 1 aliphatic heterocycles. The Labute approximate surface area is 278 Å². The van der Waals surface area contributed by atoms with Crippen LogP contribution in [0.25, 0.3) is 6.08 Å². The van der Waals surface area contributed by atoms with Crippen LogP contribution in [-0.2, 0) is 16.8 Å². The van der Waals surface area contributed by atoms with Crippen molar-refractivity contribution < 1.29 is 4.74 Å². The van der Waals surface area contributed by atoms with Crippen LogP contribution in [0.3, 0.4) is 0 Å². The summed E-state index contributed by atoms with van der Waals surface area (Å²) >= 11 is 0. The van der Waals surface area contributed by atoms with Gasteiger partial charge in [-0.25, -0.2) is 0 Å². The largest absolute Gasteiger partial charge is 0.476 e. The molecule has 4 nitrogen and oxygen atoms in total. The van der Waals surface area contributed by atoms with Gasteiger partial charge in [-0.15, -0.1) is 0 Å². The molecule has 1 unspecified atom stereocenters. The normalized spacial score (nSPS) is 20.8. The van der Waals surface area contributed by atoms with Crippen LogP contribution in [0.15, 0.2) is 100 Å². The van der Waals surface area contributed by atoms with E-state index in [2.05, 4.69) is 138 Å². The summed E-state index contributed by atoms with van der Waals surface area (Å²) in [6, 6.07) is 21.9. The van der Waals surface area contributed by atoms with Crippen molar-refractivity contribution in [1.82, 2.24) is 0 Å². The number of nitriles is 2. The minimum absolute atomic E-state index is 0.185. The Morgan fingerprint density at radius 3 is 2.20 bits per heavy atom. The van der Waals surface area contributed by atoms with Gasteiger partial charge in [0, 0.05) is 24.9 Å². The highest BCUT2D eigenvalue weighted by Gasteiger charge is 2.43. The molecule has 4 heteroatoms. The Morgan fingerprint density at radius 1 is 0.935 bits per heavy atom. The lowest BCUT2D eigenvalue weighted by molar-refractivity contribution is 0.0749. The fourth-order valence-electron chi connectivity index (χ4n) is 6.06. The predicted molar refractivity (Wildman–Crippen MR) is 192 cm³/mol. The van der Waals surface area contributed by atoms with Gasteiger partial charge in [0.15, 0.2) is 11.4 Å². The monoisotopic (exact) mass is 613 g/mol. The van der Waals surface area contributed by atoms with E-state index in [9.17, 15) is 10.5 Å². The van der Waals surface area contributed by atoms with Crippen LogP contribution in [0.4, 0.5) is 5.69 Å². The summed E-state index contributed by atoms with van der Waals surface area (Å²) < 4.78 is 6.55. The molecule has 0 bridgehead atoms. The summed E-state index contributed by atoms with van der Waals surface area (Å²) in [6.45, 7) is 18.3. The van der Waals surface area contributed by atoms with E-state index in [0.717, 1.165) is 49.8 Å². The molecule has 46 heavy (non-hydrogen) atoms. The quantitative estimate of drug-likeness (QED) is 0.278. The molecule has 0 fully saturated rings. The molecule has 2 aromatic carbocycles. The van der Waals surface area contributed by atoms with E-state index >= 15 is 0 Å². The van der Waals surface area contributed by atoms with Crippen molar-refractivity contribution in [3.63, 3.8) is 0 Å². The third-order valence-corrected chi connectivity index (χ3v) is 8.83. The maximum absolute atomic E-state index is 10.3. The van der Waals surface area contributed by atoms with Crippen LogP contribution < -0.4 is 4.90 Å². The summed E-state index contributed by atoms with van der Waals surface area (Å²) in [7, 11) is 2.16. The van der Waals surface area contributed by atoms with Gasteiger partial charge in [-0.05, 0) is 103 Å². The number of benzene rings is 2. The van der Waals surface area contributed by atoms with Crippen molar-refractivity contribution in [3.05, 3.63) is 117 Å². The molecule has 4 rings (SSSR count). The average molecular weight is 614 g/mol. The second-order valence-electron chi connectivity index (χ2n) is 15.5. The Bertz CT molecular complexity index is 1650. The van der Waals surface area contributed by atoms with Crippen molar-refractivity contribution in [2.45, 2.75) is 93.1 Å². The molecule has 2 aliphatic rings. The van der Waals surface area contributed by atoms with Gasteiger partial charge in [-0.1, -0.05) is 96.2 Å². The van der Waals surface area contributed by atoms with E-state index in [1.165, 1.54) is 28.0 Å². The molecule has 1 aliphatic carbocycles. The number of nitrogens with zero attached hydrogens (tertiary/aromatic N) is 3. The maximum Gasteiger partial charge on any atom is 0.158 e. The van der Waals surface area contributed by atoms with E-state index in [1.54, 1.807) is 6.92 Å². The van der Waals surface area contributed by atoms with Gasteiger partial charge < -0.3 is 9.64 Å². The molecule has 0 saturated heterocycles. The summed E-state index contributed by atoms with van der Waals surface area (Å²) in [4.78, 5) is 2.32. The first-order valence-electron chi connectivity index (χ1n) is 16.6. The molecule has 0 N–H and O–H groups in total. The van der Waals surface area contributed by atoms with Crippen molar-refractivity contribution >= 4 is 11.8 Å². The maximum atomic E-state index is 10.3. The molecule has 0 aromatic heterocycles. The zero-order valence-corrected chi connectivity index (χ0v) is 29.4. The van der Waals surface area contributed by atoms with Gasteiger partial charge in [-0.2, -0.15) is 10.5 Å². The minimum Gasteiger partial charge on any atom is -0.476 e. The highest BCUT2D eigenvalue weighted by atomic mass is 16.5. The Kier molecular flexibility index (Phi) is 10.5. The van der Waals surface area contributed by atoms with E-state index in [4.69, 9.17) is 4.74 Å². The number of ether oxygens (including phenoxy) is 1. The summed E-state index contributed by atoms with van der Waals surface area (Å²) in [5.41, 5.74) is 8.36. The van der Waals surface area contributed by atoms with Crippen LogP contribution in [0.5, 0.6) is 0 Å². The van der Waals surface area contributed by atoms with Crippen LogP contribution in [0.1, 0.15) is 97.8 Å². The molecular weight excluding hydrogens is 562 g/mol. The minimum atomic E-state index is -0.880. The second-order valence-corrected chi connectivity index (χ2v) is 15.5. The van der Waals surface area contributed by atoms with Crippen LogP contribution >= 0.6 is 0 Å². The first-order valence-corrected chi connectivity index (χ1v) is 16.6. The van der Waals surface area contributed by atoms with Gasteiger partial charge in [0.25, 0.3) is 0 Å². The van der Waals surface area contributed by atoms with E-state index in [1.807, 2.05) is 6.92 Å². The molecule has 0 amide bonds. The number of rotatable bonds is 8. The van der Waals surface area contributed by atoms with Crippen LogP contribution in [0.2, 0.25) is 0 Å². The summed E-state index contributed by atoms with van der Waals surface area (Å²) in [5.74, 6) is 0.380. The lowest BCUT2D eigenvalue weighted by atomic mass is 9.82. The molecule has 1 heterocycles. The zero-order chi connectivity index (χ0) is 33.7. The standard InChI is InChI=1S/C42H51N3O/c1-30(28-43)39-37(29-44)38(42(8,46-39)35-19-15-33(16-20-35)27-41(5,6)7)26-34-12-10-11-32(25-34)14-13-31-17-21-36(22-18-31)45(9)24-23-40(2,3)4/h13-22,25-26H,10-12,23-24,27H2,1-9H3/b14-13+,34-26+,39-30-. The van der Waals surface area contributed by atoms with Gasteiger partial charge in [0.2, 0.25) is 0 Å². The van der Waals surface area contributed by atoms with Gasteiger partial charge in [0.05, 0.1) is 11.6 Å². The van der Waals surface area contributed by atoms with Crippen molar-refractivity contribution in [3.8, 4) is 12.1 Å². The zero-order valence-electron chi connectivity index (χ0n) is 29.4. The molecule has 0 spiro atoms. The van der Waals surface area contributed by atoms with Crippen molar-refractivity contribution in [2.24, 2.45) is 10.8 Å². The highest BCUT2D eigenvalue weighted by molar-refractivity contribution is 5.62. The van der Waals surface area contributed by atoms with Crippen LogP contribution in [-0.4, -0.2) is 13.6 Å². The molecule has 0 radical (unpaired) electrons. The van der Waals surface area contributed by atoms with E-state index < -0.39 is 5.60 Å². The van der Waals surface area contributed by atoms with Crippen molar-refractivity contribution in [1.29, 1.82) is 10.5 Å². The first-order chi connectivity index (χ1) is 21.6. The number of allylic oxidation sites excluding steroid dienone is 6. The van der Waals surface area contributed by atoms with Gasteiger partial charge in [-0.3, -0.25) is 0 Å². The van der Waals surface area contributed by atoms with Gasteiger partial charge in [0.1, 0.15) is 11.6 Å². The molecule has 2 aromatic rings. The Balaban J connectivity index is 1.62. The first kappa shape index (κ1) is 34.6. The van der Waals surface area contributed by atoms with E-state index in [0.29, 0.717) is 22.3 Å². The van der Waals surface area contributed by atoms with Crippen LogP contribution in [0, 0.1) is 33.5 Å². The van der Waals surface area contributed by atoms with Gasteiger partial charge >= 0.3 is 0 Å². The second kappa shape index (κ2) is 14.0. The fourth-order valence-corrected chi connectivity index (χ4v) is 6.06. The average Bonchev–Trinajstić information content (AvgIpc) is 3.30. The summed E-state index contributed by atoms with van der Waals surface area (Å²) in [6.07, 6.45) is 13.9. The predicted octanol–water partition coefficient (Wildman–Crippen LogP) is 10.8. The Morgan fingerprint density at radius 2 is 1.61 bits per heavy atom. The third kappa shape index (κ3) is 8.70. The lowest BCUT2D eigenvalue weighted by Gasteiger charge is -2.28. The highest BCUT2D eigenvalue weighted by Crippen LogP contribution is 2.48. The SMILES string of the molecule is C/C(C#N)=C1/OC(C)(c2ccc(CC(C)(C)C)cc2)C(/C=C2C=C(/C=C/c3ccc(N(C)CCC(C)(C)C)cc3)CCC/2)=C1C#N. The molecule has 0 saturated carbocycles. The van der Waals surface area contributed by atoms with Crippen molar-refractivity contribution in [2.75, 3.05) is 18.5 Å². The number of hydrogen-bond donors (Lipinski definition) is 0. The topological polar surface area (TPSA) is 60.0 Å². The fraction of sp³-hybridized carbons (Fsp3) is 0.429. The lowest BCUT2D eigenvalue weighted by Crippen LogP contribution is -2.24. The smallest absolute Gasteiger partial charge is 0.158 e. The number of hydrogen-bond acceptors (Lipinski definition) is 4. The summed E-state index contributed by atoms with van der Waals surface area (Å²) in [5, 5.41) is 20.1. The Hall–Kier alpha value is -4.28. The molecule has 1 atom stereocenters.